The largest absolute Gasteiger partial charge is 0.508 e. The molecule has 0 heterocycles. The summed E-state index contributed by atoms with van der Waals surface area (Å²) in [6.45, 7) is 1.85. The highest BCUT2D eigenvalue weighted by molar-refractivity contribution is 5.94. The molecule has 4 atom stereocenters. The number of rotatable bonds is 17. The number of carbonyl (C=O) groups excluding carboxylic acids is 3. The lowest BCUT2D eigenvalue weighted by Gasteiger charge is -2.23. The quantitative estimate of drug-likeness (QED) is 0.0514. The van der Waals surface area contributed by atoms with Crippen molar-refractivity contribution < 1.29 is 29.4 Å². The number of aliphatic imine (C=N–C) groups is 2. The van der Waals surface area contributed by atoms with Crippen molar-refractivity contribution in [2.75, 3.05) is 13.1 Å². The Morgan fingerprint density at radius 1 is 0.800 bits per heavy atom. The first-order valence-corrected chi connectivity index (χ1v) is 12.6. The lowest BCUT2D eigenvalue weighted by atomic mass is 10.1. The molecule has 222 valence electrons. The molecule has 0 aliphatic carbocycles. The number of aromatic hydroxyl groups is 1. The monoisotopic (exact) mass is 564 g/mol. The minimum absolute atomic E-state index is 0.0165. The van der Waals surface area contributed by atoms with E-state index >= 15 is 0 Å². The number of aliphatic carboxylic acids is 1. The number of hydrogen-bond donors (Lipinski definition) is 10. The first-order chi connectivity index (χ1) is 18.8. The summed E-state index contributed by atoms with van der Waals surface area (Å²) in [6.07, 6.45) is 1.08. The summed E-state index contributed by atoms with van der Waals surface area (Å²) >= 11 is 0. The van der Waals surface area contributed by atoms with Crippen LogP contribution in [0.3, 0.4) is 0 Å². The number of amides is 3. The molecule has 4 unspecified atom stereocenters. The van der Waals surface area contributed by atoms with Crippen LogP contribution in [0, 0.1) is 0 Å². The molecule has 0 fully saturated rings. The number of phenolic OH excluding ortho intramolecular Hbond substituents is 1. The summed E-state index contributed by atoms with van der Waals surface area (Å²) in [4.78, 5) is 57.7. The fourth-order valence-electron chi connectivity index (χ4n) is 3.45. The maximum atomic E-state index is 13.0. The Kier molecular flexibility index (Phi) is 14.3. The first-order valence-electron chi connectivity index (χ1n) is 12.6. The summed E-state index contributed by atoms with van der Waals surface area (Å²) in [5, 5.41) is 26.4. The van der Waals surface area contributed by atoms with E-state index in [4.69, 9.17) is 28.7 Å². The van der Waals surface area contributed by atoms with Gasteiger partial charge in [0.1, 0.15) is 23.9 Å². The number of guanidine groups is 2. The van der Waals surface area contributed by atoms with Crippen LogP contribution in [0.1, 0.15) is 38.2 Å². The van der Waals surface area contributed by atoms with Gasteiger partial charge in [-0.2, -0.15) is 0 Å². The van der Waals surface area contributed by atoms with E-state index in [9.17, 15) is 29.4 Å². The predicted molar refractivity (Wildman–Crippen MR) is 149 cm³/mol. The van der Waals surface area contributed by atoms with Crippen molar-refractivity contribution in [3.8, 4) is 5.75 Å². The third kappa shape index (κ3) is 13.3. The lowest BCUT2D eigenvalue weighted by Crippen LogP contribution is -2.56. The molecule has 0 aliphatic heterocycles. The average Bonchev–Trinajstić information content (AvgIpc) is 2.88. The van der Waals surface area contributed by atoms with Crippen LogP contribution >= 0.6 is 0 Å². The van der Waals surface area contributed by atoms with E-state index in [1.807, 2.05) is 0 Å². The van der Waals surface area contributed by atoms with Crippen LogP contribution in [0.15, 0.2) is 34.3 Å². The van der Waals surface area contributed by atoms with Crippen LogP contribution < -0.4 is 44.6 Å². The standard InChI is InChI=1S/C24H40N10O6/c1-13(19(36)34-18(22(39)40)12-14-6-8-15(35)9-7-14)32-21(38)17(5-3-11-31-24(28)29)33-20(37)16(25)4-2-10-30-23(26)27/h6-9,13,16-18,35H,2-5,10-12,25H2,1H3,(H,32,38)(H,33,37)(H,34,36)(H,39,40)(H4,26,27,30)(H4,28,29,31). The van der Waals surface area contributed by atoms with Crippen LogP contribution in [-0.2, 0) is 25.6 Å². The second-order valence-electron chi connectivity index (χ2n) is 9.07. The van der Waals surface area contributed by atoms with Crippen molar-refractivity contribution in [1.82, 2.24) is 16.0 Å². The molecule has 15 N–H and O–H groups in total. The fourth-order valence-corrected chi connectivity index (χ4v) is 3.45. The molecule has 0 radical (unpaired) electrons. The van der Waals surface area contributed by atoms with Gasteiger partial charge in [-0.15, -0.1) is 0 Å². The van der Waals surface area contributed by atoms with Crippen LogP contribution in [-0.4, -0.2) is 83.1 Å². The Bertz CT molecular complexity index is 1050. The minimum atomic E-state index is -1.29. The number of benzene rings is 1. The number of nitrogens with one attached hydrogen (secondary N) is 3. The zero-order valence-electron chi connectivity index (χ0n) is 22.4. The molecule has 16 heteroatoms. The molecule has 0 saturated carbocycles. The predicted octanol–water partition coefficient (Wildman–Crippen LogP) is -3.07. The van der Waals surface area contributed by atoms with Crippen molar-refractivity contribution in [2.24, 2.45) is 38.7 Å². The van der Waals surface area contributed by atoms with Crippen molar-refractivity contribution in [2.45, 2.75) is 63.2 Å². The molecule has 3 amide bonds. The second-order valence-corrected chi connectivity index (χ2v) is 9.07. The third-order valence-electron chi connectivity index (χ3n) is 5.63. The number of carbonyl (C=O) groups is 4. The van der Waals surface area contributed by atoms with Crippen LogP contribution in [0.4, 0.5) is 0 Å². The summed E-state index contributed by atoms with van der Waals surface area (Å²) < 4.78 is 0. The van der Waals surface area contributed by atoms with Gasteiger partial charge in [0.2, 0.25) is 17.7 Å². The molecule has 1 aromatic rings. The van der Waals surface area contributed by atoms with Gasteiger partial charge in [-0.25, -0.2) is 4.79 Å². The molecule has 1 aromatic carbocycles. The number of nitrogens with zero attached hydrogens (tertiary/aromatic N) is 2. The van der Waals surface area contributed by atoms with E-state index in [-0.39, 0.29) is 50.0 Å². The van der Waals surface area contributed by atoms with Gasteiger partial charge >= 0.3 is 5.97 Å². The highest BCUT2D eigenvalue weighted by Crippen LogP contribution is 2.11. The summed E-state index contributed by atoms with van der Waals surface area (Å²) in [5.41, 5.74) is 27.7. The number of phenols is 1. The van der Waals surface area contributed by atoms with E-state index < -0.39 is 47.9 Å². The van der Waals surface area contributed by atoms with Gasteiger partial charge in [0.05, 0.1) is 6.04 Å². The minimum Gasteiger partial charge on any atom is -0.508 e. The van der Waals surface area contributed by atoms with Gasteiger partial charge in [0, 0.05) is 19.5 Å². The van der Waals surface area contributed by atoms with Crippen molar-refractivity contribution in [3.05, 3.63) is 29.8 Å². The second kappa shape index (κ2) is 17.1. The molecule has 1 rings (SSSR count). The molecular formula is C24H40N10O6. The van der Waals surface area contributed by atoms with Crippen LogP contribution in [0.25, 0.3) is 0 Å². The Hall–Kier alpha value is -4.60. The number of carboxylic acids is 1. The van der Waals surface area contributed by atoms with Gasteiger partial charge in [0.25, 0.3) is 0 Å². The number of carboxylic acid groups (broad SMARTS) is 1. The Morgan fingerprint density at radius 3 is 1.85 bits per heavy atom. The Balaban J connectivity index is 2.82. The van der Waals surface area contributed by atoms with Crippen molar-refractivity contribution in [1.29, 1.82) is 0 Å². The fraction of sp³-hybridized carbons (Fsp3) is 0.500. The first kappa shape index (κ1) is 33.4. The van der Waals surface area contributed by atoms with Gasteiger partial charge in [-0.05, 0) is 50.3 Å². The smallest absolute Gasteiger partial charge is 0.326 e. The maximum absolute atomic E-state index is 13.0. The van der Waals surface area contributed by atoms with E-state index in [1.165, 1.54) is 31.2 Å². The maximum Gasteiger partial charge on any atom is 0.326 e. The molecule has 0 bridgehead atoms. The molecule has 0 aromatic heterocycles. The van der Waals surface area contributed by atoms with Gasteiger partial charge in [0.15, 0.2) is 11.9 Å². The summed E-state index contributed by atoms with van der Waals surface area (Å²) in [5.74, 6) is -3.49. The topological polar surface area (TPSA) is 300 Å². The van der Waals surface area contributed by atoms with E-state index in [1.54, 1.807) is 0 Å². The highest BCUT2D eigenvalue weighted by atomic mass is 16.4. The SMILES string of the molecule is CC(NC(=O)C(CCCN=C(N)N)NC(=O)C(N)CCCN=C(N)N)C(=O)NC(Cc1ccc(O)cc1)C(=O)O. The lowest BCUT2D eigenvalue weighted by molar-refractivity contribution is -0.142. The van der Waals surface area contributed by atoms with Gasteiger partial charge in [-0.1, -0.05) is 12.1 Å². The van der Waals surface area contributed by atoms with Crippen LogP contribution in [0.2, 0.25) is 0 Å². The Morgan fingerprint density at radius 2 is 1.32 bits per heavy atom. The molecule has 0 aliphatic rings. The third-order valence-corrected chi connectivity index (χ3v) is 5.63. The molecule has 0 saturated heterocycles. The molecular weight excluding hydrogens is 524 g/mol. The van der Waals surface area contributed by atoms with Gasteiger partial charge < -0.3 is 54.8 Å². The molecule has 16 nitrogen and oxygen atoms in total. The Labute approximate surface area is 231 Å². The summed E-state index contributed by atoms with van der Waals surface area (Å²) in [6, 6.07) is 1.41. The van der Waals surface area contributed by atoms with E-state index in [0.717, 1.165) is 0 Å². The highest BCUT2D eigenvalue weighted by Gasteiger charge is 2.28. The molecule has 0 spiro atoms. The van der Waals surface area contributed by atoms with E-state index in [0.29, 0.717) is 18.4 Å². The number of hydrogen-bond acceptors (Lipinski definition) is 8. The zero-order chi connectivity index (χ0) is 30.2. The van der Waals surface area contributed by atoms with E-state index in [2.05, 4.69) is 25.9 Å². The normalized spacial score (nSPS) is 13.6. The molecule has 40 heavy (non-hydrogen) atoms. The average molecular weight is 565 g/mol. The van der Waals surface area contributed by atoms with Crippen molar-refractivity contribution >= 4 is 35.6 Å². The van der Waals surface area contributed by atoms with Gasteiger partial charge in [-0.3, -0.25) is 24.4 Å². The van der Waals surface area contributed by atoms with Crippen LogP contribution in [0.5, 0.6) is 5.75 Å². The zero-order valence-corrected chi connectivity index (χ0v) is 22.4. The summed E-state index contributed by atoms with van der Waals surface area (Å²) in [7, 11) is 0. The number of nitrogens with two attached hydrogens (primary N) is 5. The van der Waals surface area contributed by atoms with Crippen molar-refractivity contribution in [3.63, 3.8) is 0 Å².